The summed E-state index contributed by atoms with van der Waals surface area (Å²) in [4.78, 5) is 4.34. The fraction of sp³-hybridized carbons (Fsp3) is 0.357. The van der Waals surface area contributed by atoms with Gasteiger partial charge in [-0.05, 0) is 37.5 Å². The quantitative estimate of drug-likeness (QED) is 0.914. The van der Waals surface area contributed by atoms with Crippen LogP contribution in [0.25, 0.3) is 0 Å². The summed E-state index contributed by atoms with van der Waals surface area (Å²) in [5.41, 5.74) is 2.69. The molecule has 0 aliphatic rings. The molecule has 5 nitrogen and oxygen atoms in total. The average Bonchev–Trinajstić information content (AvgIpc) is 2.37. The Labute approximate surface area is 112 Å². The number of ether oxygens (including phenoxy) is 1. The van der Waals surface area contributed by atoms with Gasteiger partial charge in [-0.2, -0.15) is 4.98 Å². The summed E-state index contributed by atoms with van der Waals surface area (Å²) in [6.45, 7) is 5.92. The largest absolute Gasteiger partial charge is 0.508 e. The predicted molar refractivity (Wildman–Crippen MR) is 71.5 cm³/mol. The normalized spacial score (nSPS) is 10.5. The lowest BCUT2D eigenvalue weighted by molar-refractivity contribution is 0.420. The van der Waals surface area contributed by atoms with Gasteiger partial charge in [0.15, 0.2) is 0 Å². The third-order valence-electron chi connectivity index (χ3n) is 2.73. The summed E-state index contributed by atoms with van der Waals surface area (Å²) >= 11 is 0. The highest BCUT2D eigenvalue weighted by atomic mass is 16.5. The molecular weight excluding hydrogens is 242 g/mol. The van der Waals surface area contributed by atoms with Crippen LogP contribution in [0.1, 0.15) is 30.8 Å². The number of rotatable bonds is 4. The number of hydrogen-bond donors (Lipinski definition) is 1. The van der Waals surface area contributed by atoms with E-state index in [4.69, 9.17) is 4.74 Å². The van der Waals surface area contributed by atoms with Crippen LogP contribution in [0.3, 0.4) is 0 Å². The van der Waals surface area contributed by atoms with Gasteiger partial charge in [-0.1, -0.05) is 18.9 Å². The summed E-state index contributed by atoms with van der Waals surface area (Å²) in [6.07, 6.45) is 1.59. The maximum Gasteiger partial charge on any atom is 0.341 e. The number of nitrogens with zero attached hydrogens (tertiary/aromatic N) is 3. The molecule has 19 heavy (non-hydrogen) atoms. The van der Waals surface area contributed by atoms with Crippen molar-refractivity contribution in [3.8, 4) is 17.5 Å². The van der Waals surface area contributed by atoms with Crippen LogP contribution in [0.4, 0.5) is 0 Å². The monoisotopic (exact) mass is 259 g/mol. The predicted octanol–water partition coefficient (Wildman–Crippen LogP) is 2.80. The molecule has 0 saturated carbocycles. The second-order valence-corrected chi connectivity index (χ2v) is 4.30. The number of aromatic hydroxyl groups is 1. The highest BCUT2D eigenvalue weighted by Crippen LogP contribution is 2.24. The van der Waals surface area contributed by atoms with Crippen molar-refractivity contribution in [3.63, 3.8) is 0 Å². The summed E-state index contributed by atoms with van der Waals surface area (Å²) in [6, 6.07) is 5.20. The van der Waals surface area contributed by atoms with Gasteiger partial charge in [-0.15, -0.1) is 5.10 Å². The lowest BCUT2D eigenvalue weighted by atomic mass is 10.2. The van der Waals surface area contributed by atoms with E-state index in [1.807, 2.05) is 26.8 Å². The summed E-state index contributed by atoms with van der Waals surface area (Å²) in [5, 5.41) is 17.6. The Morgan fingerprint density at radius 1 is 1.05 bits per heavy atom. The van der Waals surface area contributed by atoms with Gasteiger partial charge in [-0.25, -0.2) is 0 Å². The number of benzene rings is 1. The smallest absolute Gasteiger partial charge is 0.341 e. The molecule has 5 heteroatoms. The van der Waals surface area contributed by atoms with E-state index in [-0.39, 0.29) is 11.8 Å². The molecule has 1 aromatic carbocycles. The van der Waals surface area contributed by atoms with Gasteiger partial charge < -0.3 is 9.84 Å². The van der Waals surface area contributed by atoms with E-state index in [9.17, 15) is 5.11 Å². The Hall–Kier alpha value is -2.17. The first-order valence-corrected chi connectivity index (χ1v) is 6.33. The van der Waals surface area contributed by atoms with Gasteiger partial charge in [0.2, 0.25) is 0 Å². The molecule has 0 bridgehead atoms. The molecular formula is C14H17N3O2. The van der Waals surface area contributed by atoms with E-state index >= 15 is 0 Å². The zero-order valence-electron chi connectivity index (χ0n) is 11.3. The van der Waals surface area contributed by atoms with Crippen LogP contribution in [-0.4, -0.2) is 20.3 Å². The molecule has 0 unspecified atom stereocenters. The molecule has 0 aliphatic carbocycles. The fourth-order valence-corrected chi connectivity index (χ4v) is 1.86. The molecule has 0 fully saturated rings. The van der Waals surface area contributed by atoms with Gasteiger partial charge in [0.25, 0.3) is 0 Å². The van der Waals surface area contributed by atoms with Crippen molar-refractivity contribution in [1.29, 1.82) is 0 Å². The van der Waals surface area contributed by atoms with Crippen molar-refractivity contribution in [1.82, 2.24) is 15.2 Å². The maximum atomic E-state index is 9.52. The van der Waals surface area contributed by atoms with E-state index < -0.39 is 0 Å². The Kier molecular flexibility index (Phi) is 3.94. The SMILES string of the molecule is CCc1nnc(Oc2cc(C)cc(O)c2)nc1CC. The van der Waals surface area contributed by atoms with Gasteiger partial charge in [0.1, 0.15) is 11.5 Å². The highest BCUT2D eigenvalue weighted by molar-refractivity contribution is 5.38. The van der Waals surface area contributed by atoms with Crippen LogP contribution in [0.2, 0.25) is 0 Å². The Morgan fingerprint density at radius 2 is 1.79 bits per heavy atom. The molecule has 0 saturated heterocycles. The van der Waals surface area contributed by atoms with E-state index in [1.54, 1.807) is 6.07 Å². The average molecular weight is 259 g/mol. The van der Waals surface area contributed by atoms with Crippen molar-refractivity contribution in [2.24, 2.45) is 0 Å². The first-order valence-electron chi connectivity index (χ1n) is 6.33. The lowest BCUT2D eigenvalue weighted by Gasteiger charge is -2.07. The van der Waals surface area contributed by atoms with Gasteiger partial charge in [0, 0.05) is 6.07 Å². The third-order valence-corrected chi connectivity index (χ3v) is 2.73. The standard InChI is InChI=1S/C14H17N3O2/c1-4-12-13(5-2)16-17-14(15-12)19-11-7-9(3)6-10(18)8-11/h6-8,18H,4-5H2,1-3H3. The zero-order valence-corrected chi connectivity index (χ0v) is 11.3. The highest BCUT2D eigenvalue weighted by Gasteiger charge is 2.08. The van der Waals surface area contributed by atoms with Crippen molar-refractivity contribution >= 4 is 0 Å². The van der Waals surface area contributed by atoms with Crippen LogP contribution >= 0.6 is 0 Å². The number of phenolic OH excluding ortho intramolecular Hbond substituents is 1. The first kappa shape index (κ1) is 13.3. The van der Waals surface area contributed by atoms with E-state index in [0.29, 0.717) is 5.75 Å². The van der Waals surface area contributed by atoms with Crippen LogP contribution in [0.5, 0.6) is 17.5 Å². The molecule has 100 valence electrons. The molecule has 2 aromatic rings. The minimum Gasteiger partial charge on any atom is -0.508 e. The number of hydrogen-bond acceptors (Lipinski definition) is 5. The fourth-order valence-electron chi connectivity index (χ4n) is 1.86. The second-order valence-electron chi connectivity index (χ2n) is 4.30. The summed E-state index contributed by atoms with van der Waals surface area (Å²) in [7, 11) is 0. The topological polar surface area (TPSA) is 68.1 Å². The van der Waals surface area contributed by atoms with E-state index in [1.165, 1.54) is 6.07 Å². The van der Waals surface area contributed by atoms with Crippen molar-refractivity contribution in [3.05, 3.63) is 35.2 Å². The molecule has 0 amide bonds. The molecule has 1 aromatic heterocycles. The number of aromatic nitrogens is 3. The Bertz CT molecular complexity index is 565. The van der Waals surface area contributed by atoms with Crippen molar-refractivity contribution in [2.45, 2.75) is 33.6 Å². The van der Waals surface area contributed by atoms with Crippen LogP contribution in [-0.2, 0) is 12.8 Å². The zero-order chi connectivity index (χ0) is 13.8. The molecule has 0 aliphatic heterocycles. The molecule has 1 N–H and O–H groups in total. The third kappa shape index (κ3) is 3.19. The van der Waals surface area contributed by atoms with Gasteiger partial charge in [-0.3, -0.25) is 0 Å². The Balaban J connectivity index is 2.28. The summed E-state index contributed by atoms with van der Waals surface area (Å²) in [5.74, 6) is 0.662. The molecule has 2 rings (SSSR count). The molecule has 1 heterocycles. The number of phenols is 1. The first-order chi connectivity index (χ1) is 9.12. The minimum absolute atomic E-state index is 0.156. The van der Waals surface area contributed by atoms with Crippen LogP contribution in [0, 0.1) is 6.92 Å². The van der Waals surface area contributed by atoms with Crippen LogP contribution in [0.15, 0.2) is 18.2 Å². The summed E-state index contributed by atoms with van der Waals surface area (Å²) < 4.78 is 5.54. The van der Waals surface area contributed by atoms with Crippen LogP contribution < -0.4 is 4.74 Å². The Morgan fingerprint density at radius 3 is 2.42 bits per heavy atom. The lowest BCUT2D eigenvalue weighted by Crippen LogP contribution is -2.04. The second kappa shape index (κ2) is 5.65. The molecule has 0 radical (unpaired) electrons. The minimum atomic E-state index is 0.156. The van der Waals surface area contributed by atoms with E-state index in [0.717, 1.165) is 29.8 Å². The number of aryl methyl sites for hydroxylation is 3. The molecule has 0 spiro atoms. The van der Waals surface area contributed by atoms with Crippen molar-refractivity contribution in [2.75, 3.05) is 0 Å². The maximum absolute atomic E-state index is 9.52. The van der Waals surface area contributed by atoms with E-state index in [2.05, 4.69) is 15.2 Å². The molecule has 0 atom stereocenters. The van der Waals surface area contributed by atoms with Gasteiger partial charge >= 0.3 is 6.01 Å². The van der Waals surface area contributed by atoms with Gasteiger partial charge in [0.05, 0.1) is 11.4 Å². The van der Waals surface area contributed by atoms with Crippen molar-refractivity contribution < 1.29 is 9.84 Å².